The van der Waals surface area contributed by atoms with Gasteiger partial charge in [-0.2, -0.15) is 0 Å². The maximum atomic E-state index is 10.8. The smallest absolute Gasteiger partial charge is 0.306 e. The molecule has 1 atom stereocenters. The number of aliphatic hydroxyl groups is 1. The highest BCUT2D eigenvalue weighted by Gasteiger charge is 2.20. The fourth-order valence-corrected chi connectivity index (χ4v) is 2.35. The number of hydrogen-bond donors (Lipinski definition) is 2. The molecule has 20 heavy (non-hydrogen) atoms. The molecule has 0 amide bonds. The first-order valence-electron chi connectivity index (χ1n) is 6.58. The van der Waals surface area contributed by atoms with E-state index in [4.69, 9.17) is 16.7 Å². The Bertz CT molecular complexity index is 624. The molecule has 108 valence electrons. The topological polar surface area (TPSA) is 75.4 Å². The van der Waals surface area contributed by atoms with Crippen molar-refractivity contribution < 1.29 is 15.0 Å². The van der Waals surface area contributed by atoms with E-state index in [1.54, 1.807) is 12.1 Å². The van der Waals surface area contributed by atoms with Crippen LogP contribution in [-0.2, 0) is 11.3 Å². The van der Waals surface area contributed by atoms with Crippen molar-refractivity contribution in [2.45, 2.75) is 38.8 Å². The van der Waals surface area contributed by atoms with Crippen LogP contribution in [0.3, 0.4) is 0 Å². The van der Waals surface area contributed by atoms with Gasteiger partial charge in [0.1, 0.15) is 11.9 Å². The number of unbranched alkanes of at least 4 members (excludes halogenated alkanes) is 1. The van der Waals surface area contributed by atoms with E-state index in [2.05, 4.69) is 11.9 Å². The van der Waals surface area contributed by atoms with Gasteiger partial charge < -0.3 is 14.8 Å². The molecule has 0 saturated carbocycles. The lowest BCUT2D eigenvalue weighted by molar-refractivity contribution is -0.139. The molecule has 0 saturated heterocycles. The number of nitrogens with zero attached hydrogens (tertiary/aromatic N) is 2. The fourth-order valence-electron chi connectivity index (χ4n) is 2.18. The van der Waals surface area contributed by atoms with Gasteiger partial charge >= 0.3 is 5.97 Å². The minimum absolute atomic E-state index is 0.358. The number of carbonyl (C=O) groups is 1. The number of fused-ring (bicyclic) bond motifs is 1. The summed E-state index contributed by atoms with van der Waals surface area (Å²) in [7, 11) is 0. The van der Waals surface area contributed by atoms with Gasteiger partial charge in [0.05, 0.1) is 17.5 Å². The highest BCUT2D eigenvalue weighted by atomic mass is 35.5. The van der Waals surface area contributed by atoms with Crippen molar-refractivity contribution in [1.82, 2.24) is 9.55 Å². The monoisotopic (exact) mass is 296 g/mol. The van der Waals surface area contributed by atoms with E-state index in [0.29, 0.717) is 22.9 Å². The molecule has 0 spiro atoms. The summed E-state index contributed by atoms with van der Waals surface area (Å²) >= 11 is 5.94. The Morgan fingerprint density at radius 3 is 2.90 bits per heavy atom. The minimum atomic E-state index is -1.12. The fraction of sp³-hybridized carbons (Fsp3) is 0.429. The Hall–Kier alpha value is -1.59. The van der Waals surface area contributed by atoms with Gasteiger partial charge in [-0.25, -0.2) is 4.98 Å². The first-order chi connectivity index (χ1) is 9.52. The molecule has 1 aromatic carbocycles. The average Bonchev–Trinajstić information content (AvgIpc) is 2.73. The van der Waals surface area contributed by atoms with Crippen LogP contribution in [0.25, 0.3) is 11.0 Å². The molecule has 1 heterocycles. The lowest BCUT2D eigenvalue weighted by atomic mass is 10.2. The lowest BCUT2D eigenvalue weighted by Gasteiger charge is -2.12. The molecule has 0 fully saturated rings. The van der Waals surface area contributed by atoms with Crippen molar-refractivity contribution in [2.75, 3.05) is 0 Å². The number of hydrogen-bond acceptors (Lipinski definition) is 3. The molecule has 6 heteroatoms. The number of rotatable bonds is 6. The zero-order valence-corrected chi connectivity index (χ0v) is 12.0. The summed E-state index contributed by atoms with van der Waals surface area (Å²) in [6, 6.07) is 5.33. The summed E-state index contributed by atoms with van der Waals surface area (Å²) in [5.74, 6) is -0.664. The van der Waals surface area contributed by atoms with Crippen LogP contribution in [0, 0.1) is 0 Å². The Morgan fingerprint density at radius 1 is 1.50 bits per heavy atom. The van der Waals surface area contributed by atoms with Crippen molar-refractivity contribution in [3.8, 4) is 0 Å². The molecule has 1 aromatic heterocycles. The molecule has 5 nitrogen and oxygen atoms in total. The van der Waals surface area contributed by atoms with Crippen molar-refractivity contribution in [1.29, 1.82) is 0 Å². The maximum Gasteiger partial charge on any atom is 0.306 e. The molecule has 0 bridgehead atoms. The van der Waals surface area contributed by atoms with Crippen LogP contribution in [0.1, 0.15) is 38.1 Å². The Morgan fingerprint density at radius 2 is 2.25 bits per heavy atom. The standard InChI is InChI=1S/C14H17ClN2O3/c1-2-3-6-17-11-5-4-9(15)7-10(11)16-14(17)12(18)8-13(19)20/h4-5,7,12,18H,2-3,6,8H2,1H3,(H,19,20). The Kier molecular flexibility index (Phi) is 4.62. The maximum absolute atomic E-state index is 10.8. The van der Waals surface area contributed by atoms with Gasteiger partial charge in [0.2, 0.25) is 0 Å². The molecule has 0 radical (unpaired) electrons. The largest absolute Gasteiger partial charge is 0.481 e. The normalized spacial score (nSPS) is 12.8. The van der Waals surface area contributed by atoms with Gasteiger partial charge in [0.15, 0.2) is 0 Å². The van der Waals surface area contributed by atoms with Gasteiger partial charge in [-0.3, -0.25) is 4.79 Å². The second kappa shape index (κ2) is 6.24. The van der Waals surface area contributed by atoms with Gasteiger partial charge in [0.25, 0.3) is 0 Å². The van der Waals surface area contributed by atoms with Crippen molar-refractivity contribution in [2.24, 2.45) is 0 Å². The molecule has 2 aromatic rings. The van der Waals surface area contributed by atoms with Gasteiger partial charge in [-0.1, -0.05) is 24.9 Å². The first-order valence-corrected chi connectivity index (χ1v) is 6.96. The van der Waals surface area contributed by atoms with E-state index in [1.165, 1.54) is 0 Å². The molecular weight excluding hydrogens is 280 g/mol. The summed E-state index contributed by atoms with van der Waals surface area (Å²) in [5.41, 5.74) is 1.54. The minimum Gasteiger partial charge on any atom is -0.481 e. The summed E-state index contributed by atoms with van der Waals surface area (Å²) in [6.45, 7) is 2.77. The molecule has 2 N–H and O–H groups in total. The van der Waals surface area contributed by atoms with Crippen LogP contribution < -0.4 is 0 Å². The van der Waals surface area contributed by atoms with Gasteiger partial charge in [0, 0.05) is 11.6 Å². The molecule has 0 aliphatic heterocycles. The van der Waals surface area contributed by atoms with E-state index in [1.807, 2.05) is 10.6 Å². The van der Waals surface area contributed by atoms with Crippen LogP contribution in [0.4, 0.5) is 0 Å². The number of aromatic nitrogens is 2. The molecule has 2 rings (SSSR count). The number of benzene rings is 1. The van der Waals surface area contributed by atoms with E-state index in [0.717, 1.165) is 18.4 Å². The first kappa shape index (κ1) is 14.8. The predicted octanol–water partition coefficient (Wildman–Crippen LogP) is 3.00. The van der Waals surface area contributed by atoms with Crippen LogP contribution in [0.5, 0.6) is 0 Å². The number of halogens is 1. The Labute approximate surface area is 121 Å². The summed E-state index contributed by atoms with van der Waals surface area (Å²) in [4.78, 5) is 15.1. The molecule has 0 aliphatic carbocycles. The summed E-state index contributed by atoms with van der Waals surface area (Å²) in [5, 5.41) is 19.4. The SMILES string of the molecule is CCCCn1c(C(O)CC(=O)O)nc2cc(Cl)ccc21. The lowest BCUT2D eigenvalue weighted by Crippen LogP contribution is -2.12. The number of aliphatic hydroxyl groups excluding tert-OH is 1. The van der Waals surface area contributed by atoms with Crippen molar-refractivity contribution in [3.05, 3.63) is 29.0 Å². The third kappa shape index (κ3) is 3.11. The van der Waals surface area contributed by atoms with Crippen LogP contribution >= 0.6 is 11.6 Å². The highest BCUT2D eigenvalue weighted by Crippen LogP contribution is 2.25. The van der Waals surface area contributed by atoms with Gasteiger partial charge in [-0.15, -0.1) is 0 Å². The summed E-state index contributed by atoms with van der Waals surface area (Å²) < 4.78 is 1.88. The third-order valence-electron chi connectivity index (χ3n) is 3.14. The number of aliphatic carboxylic acids is 1. The Balaban J connectivity index is 2.47. The number of carboxylic acid groups (broad SMARTS) is 1. The van der Waals surface area contributed by atoms with Crippen molar-refractivity contribution >= 4 is 28.6 Å². The van der Waals surface area contributed by atoms with Gasteiger partial charge in [-0.05, 0) is 24.6 Å². The zero-order valence-electron chi connectivity index (χ0n) is 11.2. The molecule has 1 unspecified atom stereocenters. The zero-order chi connectivity index (χ0) is 14.7. The van der Waals surface area contributed by atoms with E-state index in [9.17, 15) is 9.90 Å². The quantitative estimate of drug-likeness (QED) is 0.859. The van der Waals surface area contributed by atoms with E-state index in [-0.39, 0.29) is 6.42 Å². The number of carboxylic acids is 1. The van der Waals surface area contributed by atoms with Crippen LogP contribution in [-0.4, -0.2) is 25.7 Å². The second-order valence-corrected chi connectivity index (χ2v) is 5.16. The number of imidazole rings is 1. The summed E-state index contributed by atoms with van der Waals surface area (Å²) in [6.07, 6.45) is 0.460. The molecular formula is C14H17ClN2O3. The second-order valence-electron chi connectivity index (χ2n) is 4.72. The third-order valence-corrected chi connectivity index (χ3v) is 3.38. The predicted molar refractivity (Wildman–Crippen MR) is 76.9 cm³/mol. The van der Waals surface area contributed by atoms with Crippen LogP contribution in [0.2, 0.25) is 5.02 Å². The highest BCUT2D eigenvalue weighted by molar-refractivity contribution is 6.31. The van der Waals surface area contributed by atoms with E-state index < -0.39 is 12.1 Å². The number of aryl methyl sites for hydroxylation is 1. The molecule has 0 aliphatic rings. The van der Waals surface area contributed by atoms with E-state index >= 15 is 0 Å². The van der Waals surface area contributed by atoms with Crippen molar-refractivity contribution in [3.63, 3.8) is 0 Å². The van der Waals surface area contributed by atoms with Crippen LogP contribution in [0.15, 0.2) is 18.2 Å². The average molecular weight is 297 g/mol.